The van der Waals surface area contributed by atoms with Crippen molar-refractivity contribution in [2.24, 2.45) is 11.8 Å². The smallest absolute Gasteiger partial charge is 0.122 e. The fourth-order valence-corrected chi connectivity index (χ4v) is 4.61. The molecule has 4 heteroatoms. The van der Waals surface area contributed by atoms with Crippen LogP contribution in [0.25, 0.3) is 0 Å². The van der Waals surface area contributed by atoms with Gasteiger partial charge in [0.15, 0.2) is 0 Å². The summed E-state index contributed by atoms with van der Waals surface area (Å²) in [5.41, 5.74) is 5.23. The number of aliphatic hydroxyl groups excluding tert-OH is 2. The van der Waals surface area contributed by atoms with Crippen LogP contribution in [0.2, 0.25) is 0 Å². The van der Waals surface area contributed by atoms with E-state index in [1.807, 2.05) is 38.1 Å². The Hall–Kier alpha value is -2.04. The molecular formula is C24H32O4. The number of aryl methyl sites for hydroxylation is 2. The number of benzene rings is 2. The predicted octanol–water partition coefficient (Wildman–Crippen LogP) is 3.96. The molecule has 0 bridgehead atoms. The number of phenolic OH excluding ortho intramolecular Hbond substituents is 2. The molecule has 1 fully saturated rings. The van der Waals surface area contributed by atoms with Gasteiger partial charge in [0, 0.05) is 30.3 Å². The minimum absolute atomic E-state index is 0.0600. The minimum atomic E-state index is -0.113. The lowest BCUT2D eigenvalue weighted by Gasteiger charge is -2.41. The molecular weight excluding hydrogens is 352 g/mol. The Morgan fingerprint density at radius 2 is 1.29 bits per heavy atom. The average molecular weight is 385 g/mol. The van der Waals surface area contributed by atoms with E-state index in [4.69, 9.17) is 0 Å². The van der Waals surface area contributed by atoms with Crippen LogP contribution in [0.3, 0.4) is 0 Å². The third-order valence-electron chi connectivity index (χ3n) is 6.36. The van der Waals surface area contributed by atoms with Crippen molar-refractivity contribution in [3.8, 4) is 11.5 Å². The first kappa shape index (κ1) is 20.7. The Labute approximate surface area is 167 Å². The van der Waals surface area contributed by atoms with Crippen LogP contribution in [0, 0.1) is 25.7 Å². The second-order valence-corrected chi connectivity index (χ2v) is 8.34. The molecule has 0 radical (unpaired) electrons. The van der Waals surface area contributed by atoms with Crippen molar-refractivity contribution in [2.75, 3.05) is 13.2 Å². The number of rotatable bonds is 7. The molecule has 0 aliphatic heterocycles. The highest BCUT2D eigenvalue weighted by molar-refractivity contribution is 5.54. The SMILES string of the molecule is Cc1cc(CCO)cc(C(c2cc(CCO)cc(C)c2O)C2CCC2C)c1O. The molecule has 0 heterocycles. The zero-order valence-corrected chi connectivity index (χ0v) is 17.1. The molecule has 152 valence electrons. The molecule has 0 amide bonds. The Bertz CT molecular complexity index is 781. The van der Waals surface area contributed by atoms with Gasteiger partial charge in [-0.2, -0.15) is 0 Å². The number of hydrogen-bond donors (Lipinski definition) is 4. The summed E-state index contributed by atoms with van der Waals surface area (Å²) in [7, 11) is 0. The zero-order valence-electron chi connectivity index (χ0n) is 17.1. The highest BCUT2D eigenvalue weighted by Crippen LogP contribution is 2.52. The third kappa shape index (κ3) is 3.89. The van der Waals surface area contributed by atoms with E-state index in [1.54, 1.807) is 0 Å². The Morgan fingerprint density at radius 1 is 0.821 bits per heavy atom. The highest BCUT2D eigenvalue weighted by atomic mass is 16.3. The summed E-state index contributed by atoms with van der Waals surface area (Å²) < 4.78 is 0. The van der Waals surface area contributed by atoms with E-state index in [2.05, 4.69) is 6.92 Å². The first-order valence-electron chi connectivity index (χ1n) is 10.2. The van der Waals surface area contributed by atoms with Crippen molar-refractivity contribution in [3.05, 3.63) is 57.6 Å². The van der Waals surface area contributed by atoms with E-state index < -0.39 is 0 Å². The molecule has 1 saturated carbocycles. The number of phenols is 2. The molecule has 1 aliphatic carbocycles. The summed E-state index contributed by atoms with van der Waals surface area (Å²) in [6.07, 6.45) is 3.28. The van der Waals surface area contributed by atoms with E-state index in [1.165, 1.54) is 0 Å². The summed E-state index contributed by atoms with van der Waals surface area (Å²) in [5.74, 6) is 1.28. The van der Waals surface area contributed by atoms with Crippen molar-refractivity contribution in [1.82, 2.24) is 0 Å². The van der Waals surface area contributed by atoms with Gasteiger partial charge in [0.05, 0.1) is 0 Å². The lowest BCUT2D eigenvalue weighted by Crippen LogP contribution is -2.30. The van der Waals surface area contributed by atoms with E-state index in [0.717, 1.165) is 46.2 Å². The average Bonchev–Trinajstić information content (AvgIpc) is 2.65. The van der Waals surface area contributed by atoms with Gasteiger partial charge in [-0.05, 0) is 67.2 Å². The highest BCUT2D eigenvalue weighted by Gasteiger charge is 2.38. The van der Waals surface area contributed by atoms with Gasteiger partial charge in [-0.3, -0.25) is 0 Å². The molecule has 2 atom stereocenters. The predicted molar refractivity (Wildman–Crippen MR) is 111 cm³/mol. The summed E-state index contributed by atoms with van der Waals surface area (Å²) >= 11 is 0. The molecule has 4 nitrogen and oxygen atoms in total. The van der Waals surface area contributed by atoms with Gasteiger partial charge in [-0.25, -0.2) is 0 Å². The van der Waals surface area contributed by atoms with Crippen molar-refractivity contribution in [1.29, 1.82) is 0 Å². The number of aliphatic hydroxyl groups is 2. The van der Waals surface area contributed by atoms with Crippen molar-refractivity contribution >= 4 is 0 Å². The first-order valence-corrected chi connectivity index (χ1v) is 10.2. The molecule has 0 aromatic heterocycles. The van der Waals surface area contributed by atoms with Gasteiger partial charge in [0.25, 0.3) is 0 Å². The van der Waals surface area contributed by atoms with Gasteiger partial charge in [0.1, 0.15) is 11.5 Å². The summed E-state index contributed by atoms with van der Waals surface area (Å²) in [5, 5.41) is 40.6. The summed E-state index contributed by atoms with van der Waals surface area (Å²) in [6, 6.07) is 7.82. The van der Waals surface area contributed by atoms with Crippen molar-refractivity contribution in [2.45, 2.75) is 52.4 Å². The Balaban J connectivity index is 2.20. The minimum Gasteiger partial charge on any atom is -0.507 e. The van der Waals surface area contributed by atoms with Crippen molar-refractivity contribution < 1.29 is 20.4 Å². The summed E-state index contributed by atoms with van der Waals surface area (Å²) in [4.78, 5) is 0. The van der Waals surface area contributed by atoms with Gasteiger partial charge in [-0.1, -0.05) is 37.6 Å². The lowest BCUT2D eigenvalue weighted by atomic mass is 9.63. The van der Waals surface area contributed by atoms with Crippen LogP contribution in [0.5, 0.6) is 11.5 Å². The lowest BCUT2D eigenvalue weighted by molar-refractivity contribution is 0.171. The molecule has 4 N–H and O–H groups in total. The molecule has 2 unspecified atom stereocenters. The van der Waals surface area contributed by atoms with Crippen LogP contribution in [-0.4, -0.2) is 33.6 Å². The van der Waals surface area contributed by atoms with E-state index in [0.29, 0.717) is 24.7 Å². The Morgan fingerprint density at radius 3 is 1.61 bits per heavy atom. The van der Waals surface area contributed by atoms with Gasteiger partial charge in [0.2, 0.25) is 0 Å². The maximum Gasteiger partial charge on any atom is 0.122 e. The van der Waals surface area contributed by atoms with Crippen LogP contribution >= 0.6 is 0 Å². The van der Waals surface area contributed by atoms with Crippen molar-refractivity contribution in [3.63, 3.8) is 0 Å². The van der Waals surface area contributed by atoms with Crippen LogP contribution in [-0.2, 0) is 12.8 Å². The second-order valence-electron chi connectivity index (χ2n) is 8.34. The van der Waals surface area contributed by atoms with Gasteiger partial charge >= 0.3 is 0 Å². The molecule has 0 saturated heterocycles. The Kier molecular flexibility index (Phi) is 6.31. The molecule has 1 aliphatic rings. The zero-order chi connectivity index (χ0) is 20.4. The maximum atomic E-state index is 10.9. The first-order chi connectivity index (χ1) is 13.4. The van der Waals surface area contributed by atoms with Crippen LogP contribution in [0.15, 0.2) is 24.3 Å². The largest absolute Gasteiger partial charge is 0.507 e. The standard InChI is InChI=1S/C24H32O4/c1-14-4-5-19(14)22(20-12-17(6-8-25)10-15(2)23(20)27)21-13-18(7-9-26)11-16(3)24(21)28/h10-14,19,22,25-28H,4-9H2,1-3H3. The summed E-state index contributed by atoms with van der Waals surface area (Å²) in [6.45, 7) is 6.11. The molecule has 3 rings (SSSR count). The van der Waals surface area contributed by atoms with Crippen LogP contribution < -0.4 is 0 Å². The molecule has 28 heavy (non-hydrogen) atoms. The van der Waals surface area contributed by atoms with E-state index in [-0.39, 0.29) is 30.6 Å². The molecule has 0 spiro atoms. The molecule has 2 aromatic rings. The monoisotopic (exact) mass is 384 g/mol. The van der Waals surface area contributed by atoms with Gasteiger partial charge in [-0.15, -0.1) is 0 Å². The van der Waals surface area contributed by atoms with Gasteiger partial charge < -0.3 is 20.4 Å². The number of aromatic hydroxyl groups is 2. The normalized spacial score (nSPS) is 19.1. The fourth-order valence-electron chi connectivity index (χ4n) is 4.61. The van der Waals surface area contributed by atoms with Crippen LogP contribution in [0.4, 0.5) is 0 Å². The quantitative estimate of drug-likeness (QED) is 0.582. The van der Waals surface area contributed by atoms with Crippen LogP contribution in [0.1, 0.15) is 59.1 Å². The van der Waals surface area contributed by atoms with E-state index in [9.17, 15) is 20.4 Å². The second kappa shape index (κ2) is 8.54. The third-order valence-corrected chi connectivity index (χ3v) is 6.36. The number of hydrogen-bond acceptors (Lipinski definition) is 4. The molecule has 2 aromatic carbocycles. The van der Waals surface area contributed by atoms with E-state index >= 15 is 0 Å². The maximum absolute atomic E-state index is 10.9. The fraction of sp³-hybridized carbons (Fsp3) is 0.500. The topological polar surface area (TPSA) is 80.9 Å².